The molecule has 0 radical (unpaired) electrons. The summed E-state index contributed by atoms with van der Waals surface area (Å²) < 4.78 is 0. The molecule has 2 heteroatoms. The van der Waals surface area contributed by atoms with Gasteiger partial charge in [0.05, 0.1) is 6.54 Å². The third kappa shape index (κ3) is 4.96. The van der Waals surface area contributed by atoms with E-state index in [1.807, 2.05) is 0 Å². The minimum absolute atomic E-state index is 0.318. The summed E-state index contributed by atoms with van der Waals surface area (Å²) in [6.45, 7) is 4.65. The molecule has 0 saturated carbocycles. The molecule has 1 aromatic carbocycles. The largest absolute Gasteiger partial charge is 0.396 e. The summed E-state index contributed by atoms with van der Waals surface area (Å²) in [5, 5.41) is 10.9. The van der Waals surface area contributed by atoms with Gasteiger partial charge in [-0.15, -0.1) is 0 Å². The van der Waals surface area contributed by atoms with Crippen LogP contribution in [0.1, 0.15) is 30.9 Å². The molecule has 15 heavy (non-hydrogen) atoms. The molecule has 0 heterocycles. The molecule has 2 nitrogen and oxygen atoms in total. The third-order valence-corrected chi connectivity index (χ3v) is 2.63. The van der Waals surface area contributed by atoms with Crippen LogP contribution in [0.25, 0.3) is 0 Å². The zero-order valence-electron chi connectivity index (χ0n) is 9.58. The standard InChI is InChI=1S/C13H21NO/c1-2-12-5-7-13(8-6-12)11-14-9-3-4-10-15/h5-8,14-15H,2-4,9-11H2,1H3/p+1. The molecule has 0 aliphatic heterocycles. The van der Waals surface area contributed by atoms with Crippen LogP contribution in [-0.2, 0) is 13.0 Å². The van der Waals surface area contributed by atoms with Gasteiger partial charge in [0.25, 0.3) is 0 Å². The number of hydrogen-bond acceptors (Lipinski definition) is 1. The Morgan fingerprint density at radius 3 is 2.33 bits per heavy atom. The van der Waals surface area contributed by atoms with Crippen LogP contribution in [0, 0.1) is 0 Å². The Morgan fingerprint density at radius 1 is 1.07 bits per heavy atom. The van der Waals surface area contributed by atoms with Gasteiger partial charge in [-0.1, -0.05) is 31.2 Å². The zero-order chi connectivity index (χ0) is 10.9. The maximum atomic E-state index is 8.63. The van der Waals surface area contributed by atoms with Crippen molar-refractivity contribution in [2.75, 3.05) is 13.2 Å². The molecule has 84 valence electrons. The third-order valence-electron chi connectivity index (χ3n) is 2.63. The van der Waals surface area contributed by atoms with Gasteiger partial charge >= 0.3 is 0 Å². The predicted molar refractivity (Wildman–Crippen MR) is 62.6 cm³/mol. The van der Waals surface area contributed by atoms with Crippen LogP contribution in [0.5, 0.6) is 0 Å². The molecule has 0 aliphatic carbocycles. The van der Waals surface area contributed by atoms with Crippen LogP contribution >= 0.6 is 0 Å². The van der Waals surface area contributed by atoms with Crippen molar-refractivity contribution in [3.63, 3.8) is 0 Å². The van der Waals surface area contributed by atoms with E-state index in [4.69, 9.17) is 5.11 Å². The van der Waals surface area contributed by atoms with Crippen molar-refractivity contribution in [3.8, 4) is 0 Å². The van der Waals surface area contributed by atoms with Crippen molar-refractivity contribution < 1.29 is 10.4 Å². The molecule has 0 fully saturated rings. The predicted octanol–water partition coefficient (Wildman–Crippen LogP) is 1.08. The summed E-state index contributed by atoms with van der Waals surface area (Å²) in [5.74, 6) is 0. The molecule has 0 aliphatic rings. The fourth-order valence-electron chi connectivity index (χ4n) is 1.58. The number of aryl methyl sites for hydroxylation is 1. The lowest BCUT2D eigenvalue weighted by Crippen LogP contribution is -2.82. The fourth-order valence-corrected chi connectivity index (χ4v) is 1.58. The van der Waals surface area contributed by atoms with E-state index in [1.165, 1.54) is 11.1 Å². The highest BCUT2D eigenvalue weighted by Crippen LogP contribution is 2.03. The summed E-state index contributed by atoms with van der Waals surface area (Å²) >= 11 is 0. The number of benzene rings is 1. The van der Waals surface area contributed by atoms with Crippen LogP contribution < -0.4 is 5.32 Å². The molecule has 1 rings (SSSR count). The molecule has 3 N–H and O–H groups in total. The Balaban J connectivity index is 2.20. The number of unbranched alkanes of at least 4 members (excludes halogenated alkanes) is 1. The molecule has 0 saturated heterocycles. The lowest BCUT2D eigenvalue weighted by Gasteiger charge is -2.02. The van der Waals surface area contributed by atoms with E-state index in [0.29, 0.717) is 6.61 Å². The minimum atomic E-state index is 0.318. The Morgan fingerprint density at radius 2 is 1.73 bits per heavy atom. The Labute approximate surface area is 92.3 Å². The van der Waals surface area contributed by atoms with E-state index in [2.05, 4.69) is 36.5 Å². The first-order valence-electron chi connectivity index (χ1n) is 5.87. The van der Waals surface area contributed by atoms with E-state index in [1.54, 1.807) is 0 Å². The van der Waals surface area contributed by atoms with Crippen molar-refractivity contribution in [1.82, 2.24) is 0 Å². The molecule has 0 atom stereocenters. The van der Waals surface area contributed by atoms with Crippen molar-refractivity contribution in [2.24, 2.45) is 0 Å². The van der Waals surface area contributed by atoms with E-state index in [-0.39, 0.29) is 0 Å². The molecular formula is C13H22NO+. The second-order valence-electron chi connectivity index (χ2n) is 3.88. The lowest BCUT2D eigenvalue weighted by molar-refractivity contribution is -0.671. The van der Waals surface area contributed by atoms with Gasteiger partial charge < -0.3 is 10.4 Å². The van der Waals surface area contributed by atoms with Gasteiger partial charge in [0.1, 0.15) is 6.54 Å². The number of aliphatic hydroxyl groups excluding tert-OH is 1. The van der Waals surface area contributed by atoms with Crippen molar-refractivity contribution in [2.45, 2.75) is 32.7 Å². The molecule has 0 amide bonds. The smallest absolute Gasteiger partial charge is 0.101 e. The van der Waals surface area contributed by atoms with Crippen LogP contribution in [0.2, 0.25) is 0 Å². The van der Waals surface area contributed by atoms with E-state index >= 15 is 0 Å². The van der Waals surface area contributed by atoms with Gasteiger partial charge in [-0.3, -0.25) is 0 Å². The van der Waals surface area contributed by atoms with E-state index in [0.717, 1.165) is 32.4 Å². The minimum Gasteiger partial charge on any atom is -0.396 e. The first kappa shape index (κ1) is 12.2. The quantitative estimate of drug-likeness (QED) is 0.647. The second kappa shape index (κ2) is 7.43. The summed E-state index contributed by atoms with van der Waals surface area (Å²) in [6.07, 6.45) is 3.13. The molecule has 0 aromatic heterocycles. The molecular weight excluding hydrogens is 186 g/mol. The van der Waals surface area contributed by atoms with Crippen LogP contribution in [0.15, 0.2) is 24.3 Å². The first-order chi connectivity index (χ1) is 7.36. The molecule has 1 aromatic rings. The average Bonchev–Trinajstić information content (AvgIpc) is 2.30. The van der Waals surface area contributed by atoms with Crippen molar-refractivity contribution in [3.05, 3.63) is 35.4 Å². The topological polar surface area (TPSA) is 36.8 Å². The monoisotopic (exact) mass is 208 g/mol. The summed E-state index contributed by atoms with van der Waals surface area (Å²) in [6, 6.07) is 8.83. The Hall–Kier alpha value is -0.860. The summed E-state index contributed by atoms with van der Waals surface area (Å²) in [4.78, 5) is 0. The first-order valence-corrected chi connectivity index (χ1v) is 5.87. The Bertz CT molecular complexity index is 256. The van der Waals surface area contributed by atoms with Gasteiger partial charge in [0, 0.05) is 12.2 Å². The van der Waals surface area contributed by atoms with E-state index < -0.39 is 0 Å². The number of hydrogen-bond donors (Lipinski definition) is 2. The highest BCUT2D eigenvalue weighted by Gasteiger charge is 1.95. The van der Waals surface area contributed by atoms with Crippen LogP contribution in [0.3, 0.4) is 0 Å². The van der Waals surface area contributed by atoms with Gasteiger partial charge in [0.15, 0.2) is 0 Å². The molecule has 0 bridgehead atoms. The summed E-state index contributed by atoms with van der Waals surface area (Å²) in [7, 11) is 0. The van der Waals surface area contributed by atoms with Crippen LogP contribution in [-0.4, -0.2) is 18.3 Å². The second-order valence-corrected chi connectivity index (χ2v) is 3.88. The average molecular weight is 208 g/mol. The number of nitrogens with two attached hydrogens (primary N) is 1. The van der Waals surface area contributed by atoms with Gasteiger partial charge in [-0.25, -0.2) is 0 Å². The maximum Gasteiger partial charge on any atom is 0.101 e. The van der Waals surface area contributed by atoms with Crippen LogP contribution in [0.4, 0.5) is 0 Å². The van der Waals surface area contributed by atoms with Gasteiger partial charge in [0.2, 0.25) is 0 Å². The van der Waals surface area contributed by atoms with Crippen molar-refractivity contribution in [1.29, 1.82) is 0 Å². The fraction of sp³-hybridized carbons (Fsp3) is 0.538. The van der Waals surface area contributed by atoms with Crippen molar-refractivity contribution >= 4 is 0 Å². The zero-order valence-corrected chi connectivity index (χ0v) is 9.58. The molecule has 0 spiro atoms. The normalized spacial score (nSPS) is 10.5. The Kier molecular flexibility index (Phi) is 6.05. The number of rotatable bonds is 7. The van der Waals surface area contributed by atoms with E-state index in [9.17, 15) is 0 Å². The summed E-state index contributed by atoms with van der Waals surface area (Å²) in [5.41, 5.74) is 2.79. The van der Waals surface area contributed by atoms with Gasteiger partial charge in [-0.2, -0.15) is 0 Å². The molecule has 0 unspecified atom stereocenters. The highest BCUT2D eigenvalue weighted by atomic mass is 16.2. The maximum absolute atomic E-state index is 8.63. The van der Waals surface area contributed by atoms with Gasteiger partial charge in [-0.05, 0) is 24.8 Å². The number of quaternary nitrogens is 1. The SMILES string of the molecule is CCc1ccc(C[NH2+]CCCCO)cc1. The number of aliphatic hydroxyl groups is 1. The lowest BCUT2D eigenvalue weighted by atomic mass is 10.1. The highest BCUT2D eigenvalue weighted by molar-refractivity contribution is 5.21.